The van der Waals surface area contributed by atoms with E-state index in [1.807, 2.05) is 4.90 Å². The Morgan fingerprint density at radius 1 is 1.37 bits per heavy atom. The van der Waals surface area contributed by atoms with Crippen LogP contribution in [-0.4, -0.2) is 22.3 Å². The van der Waals surface area contributed by atoms with Crippen LogP contribution in [-0.2, 0) is 6.42 Å². The second kappa shape index (κ2) is 4.31. The number of anilines is 2. The number of nitrogen functional groups attached to an aromatic ring is 1. The van der Waals surface area contributed by atoms with E-state index >= 15 is 0 Å². The van der Waals surface area contributed by atoms with Crippen molar-refractivity contribution in [3.63, 3.8) is 0 Å². The predicted molar refractivity (Wildman–Crippen MR) is 70.2 cm³/mol. The zero-order valence-electron chi connectivity index (χ0n) is 10.1. The molecule has 0 unspecified atom stereocenters. The molecule has 2 heterocycles. The Hall–Kier alpha value is -2.50. The van der Waals surface area contributed by atoms with Gasteiger partial charge in [-0.1, -0.05) is 6.07 Å². The monoisotopic (exact) mass is 257 g/mol. The van der Waals surface area contributed by atoms with Gasteiger partial charge in [0.05, 0.1) is 5.69 Å². The Balaban J connectivity index is 2.04. The molecular formula is C13H12FN5. The lowest BCUT2D eigenvalue weighted by Gasteiger charge is -2.17. The van der Waals surface area contributed by atoms with Crippen molar-refractivity contribution < 1.29 is 4.39 Å². The number of aromatic nitrogens is 2. The Morgan fingerprint density at radius 3 is 3.00 bits per heavy atom. The van der Waals surface area contributed by atoms with Crippen molar-refractivity contribution >= 4 is 17.5 Å². The maximum atomic E-state index is 13.3. The van der Waals surface area contributed by atoms with E-state index in [0.717, 1.165) is 17.7 Å². The molecule has 5 nitrogen and oxygen atoms in total. The lowest BCUT2D eigenvalue weighted by molar-refractivity contribution is 0.628. The molecule has 0 saturated heterocycles. The summed E-state index contributed by atoms with van der Waals surface area (Å²) >= 11 is 0. The zero-order valence-corrected chi connectivity index (χ0v) is 10.1. The first-order valence-electron chi connectivity index (χ1n) is 5.88. The van der Waals surface area contributed by atoms with Gasteiger partial charge in [0.2, 0.25) is 5.95 Å². The molecule has 0 aliphatic carbocycles. The number of amidine groups is 1. The van der Waals surface area contributed by atoms with Gasteiger partial charge in [-0.15, -0.1) is 0 Å². The first kappa shape index (κ1) is 11.6. The standard InChI is InChI=1S/C13H12FN5/c14-9-2-1-8-4-6-19(11(8)7-9)13-17-5-3-10(18-13)12(15)16/h1-3,5,7H,4,6H2,(H3,15,16). The topological polar surface area (TPSA) is 78.9 Å². The maximum Gasteiger partial charge on any atom is 0.230 e. The van der Waals surface area contributed by atoms with Crippen LogP contribution in [0.25, 0.3) is 0 Å². The molecule has 0 atom stereocenters. The number of nitrogens with one attached hydrogen (secondary N) is 1. The third-order valence-electron chi connectivity index (χ3n) is 3.10. The molecule has 0 fully saturated rings. The molecule has 1 aliphatic heterocycles. The van der Waals surface area contributed by atoms with Crippen LogP contribution >= 0.6 is 0 Å². The van der Waals surface area contributed by atoms with Gasteiger partial charge in [-0.25, -0.2) is 14.4 Å². The van der Waals surface area contributed by atoms with Crippen molar-refractivity contribution in [1.29, 1.82) is 5.41 Å². The third kappa shape index (κ3) is 2.01. The minimum absolute atomic E-state index is 0.109. The Labute approximate surface area is 109 Å². The Bertz CT molecular complexity index is 655. The van der Waals surface area contributed by atoms with E-state index in [1.54, 1.807) is 18.3 Å². The summed E-state index contributed by atoms with van der Waals surface area (Å²) in [6.45, 7) is 0.695. The van der Waals surface area contributed by atoms with Crippen LogP contribution in [0.1, 0.15) is 11.3 Å². The Morgan fingerprint density at radius 2 is 2.21 bits per heavy atom. The fraction of sp³-hybridized carbons (Fsp3) is 0.154. The summed E-state index contributed by atoms with van der Waals surface area (Å²) in [7, 11) is 0. The molecule has 1 aromatic heterocycles. The van der Waals surface area contributed by atoms with Crippen LogP contribution in [0.2, 0.25) is 0 Å². The van der Waals surface area contributed by atoms with Gasteiger partial charge in [0.1, 0.15) is 17.3 Å². The van der Waals surface area contributed by atoms with Crippen molar-refractivity contribution in [1.82, 2.24) is 9.97 Å². The van der Waals surface area contributed by atoms with Crippen molar-refractivity contribution in [3.05, 3.63) is 47.5 Å². The van der Waals surface area contributed by atoms with Gasteiger partial charge in [0.25, 0.3) is 0 Å². The number of hydrogen-bond donors (Lipinski definition) is 2. The van der Waals surface area contributed by atoms with Crippen LogP contribution < -0.4 is 10.6 Å². The molecule has 1 aromatic carbocycles. The summed E-state index contributed by atoms with van der Waals surface area (Å²) < 4.78 is 13.3. The van der Waals surface area contributed by atoms with Crippen molar-refractivity contribution in [3.8, 4) is 0 Å². The van der Waals surface area contributed by atoms with E-state index < -0.39 is 0 Å². The molecule has 96 valence electrons. The summed E-state index contributed by atoms with van der Waals surface area (Å²) in [4.78, 5) is 10.2. The smallest absolute Gasteiger partial charge is 0.230 e. The number of halogens is 1. The van der Waals surface area contributed by atoms with Gasteiger partial charge >= 0.3 is 0 Å². The van der Waals surface area contributed by atoms with E-state index in [4.69, 9.17) is 11.1 Å². The molecular weight excluding hydrogens is 245 g/mol. The van der Waals surface area contributed by atoms with Crippen LogP contribution in [0, 0.1) is 11.2 Å². The zero-order chi connectivity index (χ0) is 13.4. The van der Waals surface area contributed by atoms with E-state index in [2.05, 4.69) is 9.97 Å². The van der Waals surface area contributed by atoms with Gasteiger partial charge in [-0.3, -0.25) is 5.41 Å². The van der Waals surface area contributed by atoms with Gasteiger partial charge in [-0.05, 0) is 30.2 Å². The quantitative estimate of drug-likeness (QED) is 0.632. The molecule has 0 spiro atoms. The number of fused-ring (bicyclic) bond motifs is 1. The molecule has 3 rings (SSSR count). The van der Waals surface area contributed by atoms with E-state index in [-0.39, 0.29) is 11.7 Å². The molecule has 0 saturated carbocycles. The molecule has 0 radical (unpaired) electrons. The normalized spacial score (nSPS) is 13.4. The van der Waals surface area contributed by atoms with Crippen LogP contribution in [0.4, 0.5) is 16.0 Å². The summed E-state index contributed by atoms with van der Waals surface area (Å²) in [5.74, 6) is 0.0488. The molecule has 0 bridgehead atoms. The van der Waals surface area contributed by atoms with Gasteiger partial charge in [0.15, 0.2) is 0 Å². The first-order chi connectivity index (χ1) is 9.15. The molecule has 2 aromatic rings. The number of rotatable bonds is 2. The predicted octanol–water partition coefficient (Wildman–Crippen LogP) is 1.59. The maximum absolute atomic E-state index is 13.3. The second-order valence-electron chi connectivity index (χ2n) is 4.33. The Kier molecular flexibility index (Phi) is 2.63. The molecule has 19 heavy (non-hydrogen) atoms. The second-order valence-corrected chi connectivity index (χ2v) is 4.33. The van der Waals surface area contributed by atoms with Gasteiger partial charge in [-0.2, -0.15) is 0 Å². The number of nitrogens with two attached hydrogens (primary N) is 1. The lowest BCUT2D eigenvalue weighted by Crippen LogP contribution is -2.20. The third-order valence-corrected chi connectivity index (χ3v) is 3.10. The summed E-state index contributed by atoms with van der Waals surface area (Å²) in [6, 6.07) is 6.29. The number of nitrogens with zero attached hydrogens (tertiary/aromatic N) is 3. The summed E-state index contributed by atoms with van der Waals surface area (Å²) in [5, 5.41) is 7.39. The van der Waals surface area contributed by atoms with Gasteiger partial charge < -0.3 is 10.6 Å². The van der Waals surface area contributed by atoms with Crippen molar-refractivity contribution in [2.45, 2.75) is 6.42 Å². The van der Waals surface area contributed by atoms with Crippen LogP contribution in [0.3, 0.4) is 0 Å². The average Bonchev–Trinajstić information content (AvgIpc) is 2.81. The minimum atomic E-state index is -0.284. The lowest BCUT2D eigenvalue weighted by atomic mass is 10.2. The highest BCUT2D eigenvalue weighted by Crippen LogP contribution is 2.32. The molecule has 1 aliphatic rings. The molecule has 6 heteroatoms. The van der Waals surface area contributed by atoms with E-state index in [1.165, 1.54) is 12.1 Å². The SMILES string of the molecule is N=C(N)c1ccnc(N2CCc3ccc(F)cc32)n1. The fourth-order valence-electron chi connectivity index (χ4n) is 2.19. The first-order valence-corrected chi connectivity index (χ1v) is 5.88. The van der Waals surface area contributed by atoms with Crippen molar-refractivity contribution in [2.24, 2.45) is 5.73 Å². The highest BCUT2D eigenvalue weighted by molar-refractivity contribution is 5.93. The van der Waals surface area contributed by atoms with Crippen LogP contribution in [0.5, 0.6) is 0 Å². The van der Waals surface area contributed by atoms with E-state index in [0.29, 0.717) is 18.2 Å². The van der Waals surface area contributed by atoms with Crippen LogP contribution in [0.15, 0.2) is 30.5 Å². The molecule has 3 N–H and O–H groups in total. The fourth-order valence-corrected chi connectivity index (χ4v) is 2.19. The number of benzene rings is 1. The summed E-state index contributed by atoms with van der Waals surface area (Å²) in [5.41, 5.74) is 7.63. The minimum Gasteiger partial charge on any atom is -0.382 e. The average molecular weight is 257 g/mol. The summed E-state index contributed by atoms with van der Waals surface area (Å²) in [6.07, 6.45) is 2.37. The van der Waals surface area contributed by atoms with E-state index in [9.17, 15) is 4.39 Å². The number of hydrogen-bond acceptors (Lipinski definition) is 4. The highest BCUT2D eigenvalue weighted by Gasteiger charge is 2.23. The largest absolute Gasteiger partial charge is 0.382 e. The van der Waals surface area contributed by atoms with Crippen molar-refractivity contribution in [2.75, 3.05) is 11.4 Å². The molecule has 0 amide bonds. The van der Waals surface area contributed by atoms with Gasteiger partial charge in [0, 0.05) is 12.7 Å². The highest BCUT2D eigenvalue weighted by atomic mass is 19.1.